The van der Waals surface area contributed by atoms with Crippen LogP contribution in [0.4, 0.5) is 0 Å². The third kappa shape index (κ3) is 1.12. The Kier molecular flexibility index (Phi) is 1.66. The van der Waals surface area contributed by atoms with Gasteiger partial charge >= 0.3 is 5.69 Å². The maximum absolute atomic E-state index is 11.1. The third-order valence-electron chi connectivity index (χ3n) is 1.38. The molecule has 0 saturated carbocycles. The molecule has 0 radical (unpaired) electrons. The van der Waals surface area contributed by atoms with Gasteiger partial charge < -0.3 is 4.98 Å². The van der Waals surface area contributed by atoms with Crippen molar-refractivity contribution >= 4 is 37.5 Å². The first-order chi connectivity index (χ1) is 5.66. The van der Waals surface area contributed by atoms with E-state index in [9.17, 15) is 9.59 Å². The topological polar surface area (TPSA) is 65.7 Å². The van der Waals surface area contributed by atoms with Crippen LogP contribution in [0.5, 0.6) is 0 Å². The standard InChI is InChI=1S/C6H3BrN2O2S/c7-3-1-2-4(12-3)5(10)9-6(11)8-2/h1H,(H2,8,9,10,11). The lowest BCUT2D eigenvalue weighted by Crippen LogP contribution is -2.20. The highest BCUT2D eigenvalue weighted by Crippen LogP contribution is 2.24. The molecule has 0 spiro atoms. The summed E-state index contributed by atoms with van der Waals surface area (Å²) >= 11 is 4.52. The molecule has 0 saturated heterocycles. The normalized spacial score (nSPS) is 10.8. The molecule has 2 aromatic heterocycles. The van der Waals surface area contributed by atoms with Gasteiger partial charge in [-0.25, -0.2) is 4.79 Å². The Morgan fingerprint density at radius 1 is 1.33 bits per heavy atom. The van der Waals surface area contributed by atoms with Crippen LogP contribution in [-0.2, 0) is 0 Å². The fraction of sp³-hybridized carbons (Fsp3) is 0. The van der Waals surface area contributed by atoms with Crippen molar-refractivity contribution in [2.24, 2.45) is 0 Å². The van der Waals surface area contributed by atoms with Crippen molar-refractivity contribution in [1.82, 2.24) is 9.97 Å². The van der Waals surface area contributed by atoms with Crippen LogP contribution in [0.2, 0.25) is 0 Å². The number of hydrogen-bond donors (Lipinski definition) is 2. The molecule has 2 rings (SSSR count). The van der Waals surface area contributed by atoms with Gasteiger partial charge in [-0.15, -0.1) is 11.3 Å². The van der Waals surface area contributed by atoms with E-state index < -0.39 is 5.69 Å². The number of halogens is 1. The summed E-state index contributed by atoms with van der Waals surface area (Å²) in [5.74, 6) is 0. The first-order valence-corrected chi connectivity index (χ1v) is 4.69. The van der Waals surface area contributed by atoms with Crippen molar-refractivity contribution in [2.45, 2.75) is 0 Å². The number of nitrogens with one attached hydrogen (secondary N) is 2. The molecule has 0 unspecified atom stereocenters. The number of aromatic nitrogens is 2. The van der Waals surface area contributed by atoms with Gasteiger partial charge in [-0.05, 0) is 22.0 Å². The van der Waals surface area contributed by atoms with Crippen molar-refractivity contribution in [2.75, 3.05) is 0 Å². The summed E-state index contributed by atoms with van der Waals surface area (Å²) in [6.07, 6.45) is 0. The minimum Gasteiger partial charge on any atom is -0.306 e. The average molecular weight is 247 g/mol. The maximum atomic E-state index is 11.1. The highest BCUT2D eigenvalue weighted by atomic mass is 79.9. The third-order valence-corrected chi connectivity index (χ3v) is 3.02. The molecule has 6 heteroatoms. The molecule has 0 aliphatic heterocycles. The van der Waals surface area contributed by atoms with Crippen LogP contribution in [0.15, 0.2) is 19.4 Å². The van der Waals surface area contributed by atoms with Crippen LogP contribution >= 0.6 is 27.3 Å². The molecule has 2 N–H and O–H groups in total. The summed E-state index contributed by atoms with van der Waals surface area (Å²) in [6, 6.07) is 1.70. The number of hydrogen-bond acceptors (Lipinski definition) is 3. The van der Waals surface area contributed by atoms with E-state index in [1.54, 1.807) is 6.07 Å². The summed E-state index contributed by atoms with van der Waals surface area (Å²) in [7, 11) is 0. The number of fused-ring (bicyclic) bond motifs is 1. The molecule has 0 atom stereocenters. The smallest absolute Gasteiger partial charge is 0.306 e. The van der Waals surface area contributed by atoms with E-state index in [4.69, 9.17) is 0 Å². The highest BCUT2D eigenvalue weighted by molar-refractivity contribution is 9.11. The zero-order valence-corrected chi connectivity index (χ0v) is 8.08. The Balaban J connectivity index is 3.08. The largest absolute Gasteiger partial charge is 0.326 e. The van der Waals surface area contributed by atoms with Crippen LogP contribution in [0.3, 0.4) is 0 Å². The average Bonchev–Trinajstić information content (AvgIpc) is 2.29. The fourth-order valence-electron chi connectivity index (χ4n) is 0.936. The van der Waals surface area contributed by atoms with Crippen molar-refractivity contribution in [1.29, 1.82) is 0 Å². The highest BCUT2D eigenvalue weighted by Gasteiger charge is 2.03. The van der Waals surface area contributed by atoms with Crippen molar-refractivity contribution in [3.05, 3.63) is 30.7 Å². The Morgan fingerprint density at radius 3 is 2.83 bits per heavy atom. The Morgan fingerprint density at radius 2 is 2.08 bits per heavy atom. The lowest BCUT2D eigenvalue weighted by Gasteiger charge is -1.84. The molecule has 0 aliphatic carbocycles. The SMILES string of the molecule is O=c1[nH]c(=O)c2sc(Br)cc2[nH]1. The molecule has 2 heterocycles. The Labute approximate surface area is 78.4 Å². The van der Waals surface area contributed by atoms with E-state index in [2.05, 4.69) is 25.9 Å². The minimum absolute atomic E-state index is 0.343. The van der Waals surface area contributed by atoms with Crippen molar-refractivity contribution in [3.63, 3.8) is 0 Å². The fourth-order valence-corrected chi connectivity index (χ4v) is 2.39. The zero-order valence-electron chi connectivity index (χ0n) is 5.68. The number of thiophene rings is 1. The lowest BCUT2D eigenvalue weighted by atomic mass is 10.5. The lowest BCUT2D eigenvalue weighted by molar-refractivity contribution is 1.09. The Bertz CT molecular complexity index is 538. The second-order valence-corrected chi connectivity index (χ2v) is 4.63. The second-order valence-electron chi connectivity index (χ2n) is 2.20. The molecule has 62 valence electrons. The predicted molar refractivity (Wildman–Crippen MR) is 50.8 cm³/mol. The zero-order chi connectivity index (χ0) is 8.72. The number of rotatable bonds is 0. The maximum Gasteiger partial charge on any atom is 0.326 e. The summed E-state index contributed by atoms with van der Waals surface area (Å²) < 4.78 is 1.35. The van der Waals surface area contributed by atoms with Gasteiger partial charge in [0.05, 0.1) is 9.30 Å². The minimum atomic E-state index is -0.474. The van der Waals surface area contributed by atoms with Gasteiger partial charge in [-0.3, -0.25) is 9.78 Å². The van der Waals surface area contributed by atoms with Gasteiger partial charge in [0.2, 0.25) is 0 Å². The predicted octanol–water partition coefficient (Wildman–Crippen LogP) is 1.04. The van der Waals surface area contributed by atoms with Gasteiger partial charge in [0.25, 0.3) is 5.56 Å². The van der Waals surface area contributed by atoms with Crippen LogP contribution in [0.1, 0.15) is 0 Å². The summed E-state index contributed by atoms with van der Waals surface area (Å²) in [6.45, 7) is 0. The molecule has 0 bridgehead atoms. The molecule has 0 fully saturated rings. The molecule has 0 aliphatic rings. The second kappa shape index (κ2) is 2.56. The number of H-pyrrole nitrogens is 2. The molecular formula is C6H3BrN2O2S. The summed E-state index contributed by atoms with van der Waals surface area (Å²) in [4.78, 5) is 26.6. The summed E-state index contributed by atoms with van der Waals surface area (Å²) in [5, 5.41) is 0. The van der Waals surface area contributed by atoms with E-state index in [1.807, 2.05) is 0 Å². The molecule has 0 aromatic carbocycles. The number of aromatic amines is 2. The summed E-state index contributed by atoms with van der Waals surface area (Å²) in [5.41, 5.74) is -0.247. The molecule has 4 nitrogen and oxygen atoms in total. The first kappa shape index (κ1) is 7.75. The molecule has 0 amide bonds. The quantitative estimate of drug-likeness (QED) is 0.730. The molecular weight excluding hydrogens is 244 g/mol. The van der Waals surface area contributed by atoms with Crippen LogP contribution in [0, 0.1) is 0 Å². The van der Waals surface area contributed by atoms with Crippen LogP contribution in [-0.4, -0.2) is 9.97 Å². The van der Waals surface area contributed by atoms with Crippen molar-refractivity contribution in [3.8, 4) is 0 Å². The molecule has 2 aromatic rings. The van der Waals surface area contributed by atoms with E-state index in [0.29, 0.717) is 10.2 Å². The van der Waals surface area contributed by atoms with Gasteiger partial charge in [0, 0.05) is 0 Å². The Hall–Kier alpha value is -0.880. The van der Waals surface area contributed by atoms with Gasteiger partial charge in [0.15, 0.2) is 0 Å². The van der Waals surface area contributed by atoms with Gasteiger partial charge in [-0.1, -0.05) is 0 Å². The van der Waals surface area contributed by atoms with E-state index in [1.165, 1.54) is 11.3 Å². The van der Waals surface area contributed by atoms with Gasteiger partial charge in [-0.2, -0.15) is 0 Å². The van der Waals surface area contributed by atoms with Crippen LogP contribution in [0.25, 0.3) is 10.2 Å². The molecule has 12 heavy (non-hydrogen) atoms. The van der Waals surface area contributed by atoms with E-state index >= 15 is 0 Å². The van der Waals surface area contributed by atoms with E-state index in [-0.39, 0.29) is 5.56 Å². The van der Waals surface area contributed by atoms with Gasteiger partial charge in [0.1, 0.15) is 4.70 Å². The monoisotopic (exact) mass is 246 g/mol. The van der Waals surface area contributed by atoms with E-state index in [0.717, 1.165) is 3.79 Å². The van der Waals surface area contributed by atoms with Crippen LogP contribution < -0.4 is 11.2 Å². The first-order valence-electron chi connectivity index (χ1n) is 3.08. The van der Waals surface area contributed by atoms with Crippen molar-refractivity contribution < 1.29 is 0 Å².